The van der Waals surface area contributed by atoms with Crippen molar-refractivity contribution in [3.63, 3.8) is 0 Å². The number of ether oxygens (including phenoxy) is 2. The number of benzene rings is 2. The van der Waals surface area contributed by atoms with Crippen LogP contribution in [0.3, 0.4) is 0 Å². The maximum absolute atomic E-state index is 6.27. The van der Waals surface area contributed by atoms with Crippen molar-refractivity contribution in [1.29, 1.82) is 0 Å². The predicted octanol–water partition coefficient (Wildman–Crippen LogP) is 4.91. The molecule has 4 heteroatoms. The minimum absolute atomic E-state index is 0.126. The van der Waals surface area contributed by atoms with E-state index in [1.807, 2.05) is 12.3 Å². The molecule has 3 aromatic rings. The molecule has 0 bridgehead atoms. The molecule has 1 atom stereocenters. The van der Waals surface area contributed by atoms with Crippen molar-refractivity contribution < 1.29 is 9.47 Å². The standard InChI is InChI=1S/C25H30N2O2/c1-18-23(10-9-20-4-3-13-27-24(18)20)19-5-7-21(8-6-19)25(29-17-16-28-2)22-11-14-26-15-12-22/h3-10,13,22,25-26H,11-12,14-17H2,1-2H3. The van der Waals surface area contributed by atoms with Crippen LogP contribution in [-0.2, 0) is 9.47 Å². The molecule has 4 rings (SSSR count). The van der Waals surface area contributed by atoms with Gasteiger partial charge in [0, 0.05) is 18.7 Å². The minimum Gasteiger partial charge on any atom is -0.382 e. The number of rotatable bonds is 7. The number of nitrogens with one attached hydrogen (secondary N) is 1. The molecule has 1 aromatic heterocycles. The molecule has 1 aliphatic heterocycles. The second-order valence-electron chi connectivity index (χ2n) is 7.81. The topological polar surface area (TPSA) is 43.4 Å². The van der Waals surface area contributed by atoms with Crippen LogP contribution in [0.1, 0.15) is 30.1 Å². The fraction of sp³-hybridized carbons (Fsp3) is 0.400. The lowest BCUT2D eigenvalue weighted by molar-refractivity contribution is -0.0221. The van der Waals surface area contributed by atoms with Crippen molar-refractivity contribution in [2.45, 2.75) is 25.9 Å². The highest BCUT2D eigenvalue weighted by Crippen LogP contribution is 2.34. The summed E-state index contributed by atoms with van der Waals surface area (Å²) in [4.78, 5) is 4.58. The van der Waals surface area contributed by atoms with Crippen LogP contribution in [0.2, 0.25) is 0 Å². The van der Waals surface area contributed by atoms with Gasteiger partial charge in [-0.15, -0.1) is 0 Å². The first-order valence-electron chi connectivity index (χ1n) is 10.5. The highest BCUT2D eigenvalue weighted by atomic mass is 16.5. The van der Waals surface area contributed by atoms with Gasteiger partial charge in [0.15, 0.2) is 0 Å². The van der Waals surface area contributed by atoms with E-state index in [0.29, 0.717) is 19.1 Å². The molecule has 0 radical (unpaired) electrons. The lowest BCUT2D eigenvalue weighted by Gasteiger charge is -2.31. The molecule has 1 saturated heterocycles. The van der Waals surface area contributed by atoms with Gasteiger partial charge in [-0.3, -0.25) is 4.98 Å². The maximum atomic E-state index is 6.27. The number of hydrogen-bond acceptors (Lipinski definition) is 4. The molecule has 0 amide bonds. The molecule has 29 heavy (non-hydrogen) atoms. The van der Waals surface area contributed by atoms with Gasteiger partial charge in [0.1, 0.15) is 0 Å². The van der Waals surface area contributed by atoms with Crippen LogP contribution in [-0.4, -0.2) is 38.4 Å². The summed E-state index contributed by atoms with van der Waals surface area (Å²) in [5.74, 6) is 0.547. The average Bonchev–Trinajstić information content (AvgIpc) is 2.78. The van der Waals surface area contributed by atoms with Gasteiger partial charge < -0.3 is 14.8 Å². The first kappa shape index (κ1) is 20.0. The summed E-state index contributed by atoms with van der Waals surface area (Å²) in [6, 6.07) is 17.4. The van der Waals surface area contributed by atoms with Crippen molar-refractivity contribution in [2.24, 2.45) is 5.92 Å². The van der Waals surface area contributed by atoms with Gasteiger partial charge in [0.2, 0.25) is 0 Å². The van der Waals surface area contributed by atoms with Crippen molar-refractivity contribution >= 4 is 10.9 Å². The monoisotopic (exact) mass is 390 g/mol. The highest BCUT2D eigenvalue weighted by molar-refractivity contribution is 5.88. The van der Waals surface area contributed by atoms with Crippen molar-refractivity contribution in [3.05, 3.63) is 65.9 Å². The third-order valence-corrected chi connectivity index (χ3v) is 5.97. The zero-order chi connectivity index (χ0) is 20.1. The summed E-state index contributed by atoms with van der Waals surface area (Å²) < 4.78 is 11.5. The first-order valence-corrected chi connectivity index (χ1v) is 10.5. The quantitative estimate of drug-likeness (QED) is 0.582. The van der Waals surface area contributed by atoms with E-state index in [4.69, 9.17) is 9.47 Å². The Kier molecular flexibility index (Phi) is 6.55. The summed E-state index contributed by atoms with van der Waals surface area (Å²) in [5.41, 5.74) is 6.02. The number of piperidine rings is 1. The fourth-order valence-corrected chi connectivity index (χ4v) is 4.37. The Bertz CT molecular complexity index is 933. The number of pyridine rings is 1. The Labute approximate surface area is 173 Å². The fourth-order valence-electron chi connectivity index (χ4n) is 4.37. The van der Waals surface area contributed by atoms with Crippen molar-refractivity contribution in [3.8, 4) is 11.1 Å². The van der Waals surface area contributed by atoms with E-state index in [0.717, 1.165) is 31.4 Å². The zero-order valence-electron chi connectivity index (χ0n) is 17.4. The van der Waals surface area contributed by atoms with E-state index < -0.39 is 0 Å². The molecule has 152 valence electrons. The molecule has 1 fully saturated rings. The van der Waals surface area contributed by atoms with Crippen molar-refractivity contribution in [2.75, 3.05) is 33.4 Å². The molecule has 1 unspecified atom stereocenters. The first-order chi connectivity index (χ1) is 14.3. The number of aromatic nitrogens is 1. The Balaban J connectivity index is 1.60. The summed E-state index contributed by atoms with van der Waals surface area (Å²) in [6.07, 6.45) is 4.29. The van der Waals surface area contributed by atoms with Gasteiger partial charge in [-0.2, -0.15) is 0 Å². The van der Waals surface area contributed by atoms with Crippen LogP contribution in [0.5, 0.6) is 0 Å². The van der Waals surface area contributed by atoms with Crippen LogP contribution in [0.25, 0.3) is 22.0 Å². The van der Waals surface area contributed by atoms with E-state index >= 15 is 0 Å². The van der Waals surface area contributed by atoms with E-state index in [-0.39, 0.29) is 6.10 Å². The Morgan fingerprint density at radius 2 is 1.83 bits per heavy atom. The lowest BCUT2D eigenvalue weighted by Crippen LogP contribution is -2.32. The molecule has 2 heterocycles. The molecule has 1 aliphatic rings. The lowest BCUT2D eigenvalue weighted by atomic mass is 9.87. The van der Waals surface area contributed by atoms with Crippen LogP contribution in [0, 0.1) is 12.8 Å². The second kappa shape index (κ2) is 9.49. The summed E-state index contributed by atoms with van der Waals surface area (Å²) in [6.45, 7) is 5.54. The molecular formula is C25H30N2O2. The number of hydrogen-bond donors (Lipinski definition) is 1. The van der Waals surface area contributed by atoms with Crippen molar-refractivity contribution in [1.82, 2.24) is 10.3 Å². The molecule has 0 aliphatic carbocycles. The molecule has 1 N–H and O–H groups in total. The Morgan fingerprint density at radius 1 is 1.03 bits per heavy atom. The average molecular weight is 391 g/mol. The zero-order valence-corrected chi connectivity index (χ0v) is 17.4. The minimum atomic E-state index is 0.126. The number of nitrogens with zero attached hydrogens (tertiary/aromatic N) is 1. The third-order valence-electron chi connectivity index (χ3n) is 5.97. The second-order valence-corrected chi connectivity index (χ2v) is 7.81. The normalized spacial score (nSPS) is 16.2. The van der Waals surface area contributed by atoms with Crippen LogP contribution >= 0.6 is 0 Å². The van der Waals surface area contributed by atoms with Gasteiger partial charge in [0.25, 0.3) is 0 Å². The number of methoxy groups -OCH3 is 1. The number of aryl methyl sites for hydroxylation is 1. The van der Waals surface area contributed by atoms with E-state index in [2.05, 4.69) is 59.7 Å². The molecular weight excluding hydrogens is 360 g/mol. The van der Waals surface area contributed by atoms with E-state index in [9.17, 15) is 0 Å². The molecule has 0 saturated carbocycles. The number of fused-ring (bicyclic) bond motifs is 1. The largest absolute Gasteiger partial charge is 0.382 e. The van der Waals surface area contributed by atoms with Gasteiger partial charge in [0.05, 0.1) is 24.8 Å². The molecule has 4 nitrogen and oxygen atoms in total. The van der Waals surface area contributed by atoms with Gasteiger partial charge >= 0.3 is 0 Å². The summed E-state index contributed by atoms with van der Waals surface area (Å²) >= 11 is 0. The predicted molar refractivity (Wildman–Crippen MR) is 118 cm³/mol. The van der Waals surface area contributed by atoms with Crippen LogP contribution < -0.4 is 5.32 Å². The maximum Gasteiger partial charge on any atom is 0.0855 e. The van der Waals surface area contributed by atoms with Crippen LogP contribution in [0.15, 0.2) is 54.7 Å². The SMILES string of the molecule is COCCOC(c1ccc(-c2ccc3cccnc3c2C)cc1)C1CCNCC1. The van der Waals surface area contributed by atoms with E-state index in [1.165, 1.54) is 27.6 Å². The summed E-state index contributed by atoms with van der Waals surface area (Å²) in [5, 5.41) is 4.64. The highest BCUT2D eigenvalue weighted by Gasteiger charge is 2.25. The van der Waals surface area contributed by atoms with Crippen LogP contribution in [0.4, 0.5) is 0 Å². The van der Waals surface area contributed by atoms with Gasteiger partial charge in [-0.05, 0) is 67.1 Å². The van der Waals surface area contributed by atoms with Gasteiger partial charge in [-0.1, -0.05) is 42.5 Å². The van der Waals surface area contributed by atoms with E-state index in [1.54, 1.807) is 7.11 Å². The Morgan fingerprint density at radius 3 is 2.59 bits per heavy atom. The Hall–Kier alpha value is -2.27. The summed E-state index contributed by atoms with van der Waals surface area (Å²) in [7, 11) is 1.72. The smallest absolute Gasteiger partial charge is 0.0855 e. The van der Waals surface area contributed by atoms with Gasteiger partial charge in [-0.25, -0.2) is 0 Å². The third kappa shape index (κ3) is 4.50. The molecule has 2 aromatic carbocycles. The molecule has 0 spiro atoms.